The van der Waals surface area contributed by atoms with Crippen LogP contribution >= 0.6 is 0 Å². The van der Waals surface area contributed by atoms with E-state index >= 15 is 0 Å². The molecule has 1 saturated heterocycles. The van der Waals surface area contributed by atoms with Crippen molar-refractivity contribution in [1.29, 1.82) is 0 Å². The van der Waals surface area contributed by atoms with Crippen LogP contribution < -0.4 is 5.32 Å². The number of carbonyl (C=O) groups excluding carboxylic acids is 1. The summed E-state index contributed by atoms with van der Waals surface area (Å²) in [5, 5.41) is 17.7. The minimum atomic E-state index is -0.867. The molecule has 1 aliphatic rings. The second kappa shape index (κ2) is 8.42. The summed E-state index contributed by atoms with van der Waals surface area (Å²) in [6.07, 6.45) is 2.47. The lowest BCUT2D eigenvalue weighted by molar-refractivity contribution is -0.121. The Bertz CT molecular complexity index is 719. The molecule has 7 nitrogen and oxygen atoms in total. The molecule has 2 heterocycles. The number of benzene rings is 1. The molecule has 0 spiro atoms. The van der Waals surface area contributed by atoms with E-state index < -0.39 is 5.60 Å². The standard InChI is InChI=1S/C19H26N4O3/c1-15-21-17(22-26-15)13-23-10-5-8-19(25,9-11-23)14-20-18(24)12-16-6-3-2-4-7-16/h2-4,6-7,25H,5,8-14H2,1H3,(H,20,24). The number of amides is 1. The maximum atomic E-state index is 12.1. The highest BCUT2D eigenvalue weighted by Gasteiger charge is 2.30. The molecule has 2 aromatic rings. The van der Waals surface area contributed by atoms with Crippen LogP contribution in [0.1, 0.15) is 36.5 Å². The molecule has 140 valence electrons. The third-order valence-corrected chi connectivity index (χ3v) is 4.77. The van der Waals surface area contributed by atoms with Gasteiger partial charge in [0.2, 0.25) is 11.8 Å². The summed E-state index contributed by atoms with van der Waals surface area (Å²) in [6, 6.07) is 9.62. The van der Waals surface area contributed by atoms with E-state index in [0.717, 1.165) is 25.1 Å². The van der Waals surface area contributed by atoms with Crippen molar-refractivity contribution < 1.29 is 14.4 Å². The van der Waals surface area contributed by atoms with E-state index in [1.807, 2.05) is 30.3 Å². The van der Waals surface area contributed by atoms with Crippen molar-refractivity contribution in [2.75, 3.05) is 19.6 Å². The summed E-state index contributed by atoms with van der Waals surface area (Å²) >= 11 is 0. The number of likely N-dealkylation sites (tertiary alicyclic amines) is 1. The molecule has 0 radical (unpaired) electrons. The molecule has 1 atom stereocenters. The summed E-state index contributed by atoms with van der Waals surface area (Å²) in [5.74, 6) is 1.17. The Labute approximate surface area is 153 Å². The zero-order chi connectivity index (χ0) is 18.4. The minimum Gasteiger partial charge on any atom is -0.388 e. The monoisotopic (exact) mass is 358 g/mol. The molecule has 26 heavy (non-hydrogen) atoms. The van der Waals surface area contributed by atoms with E-state index in [-0.39, 0.29) is 12.5 Å². The van der Waals surface area contributed by atoms with Crippen LogP contribution in [0.2, 0.25) is 0 Å². The third-order valence-electron chi connectivity index (χ3n) is 4.77. The van der Waals surface area contributed by atoms with E-state index in [1.54, 1.807) is 6.92 Å². The fourth-order valence-corrected chi connectivity index (χ4v) is 3.28. The van der Waals surface area contributed by atoms with Crippen LogP contribution in [-0.4, -0.2) is 51.3 Å². The fraction of sp³-hybridized carbons (Fsp3) is 0.526. The van der Waals surface area contributed by atoms with Gasteiger partial charge in [-0.1, -0.05) is 35.5 Å². The van der Waals surface area contributed by atoms with Crippen LogP contribution in [0.3, 0.4) is 0 Å². The fourth-order valence-electron chi connectivity index (χ4n) is 3.28. The van der Waals surface area contributed by atoms with Gasteiger partial charge in [-0.15, -0.1) is 0 Å². The van der Waals surface area contributed by atoms with Crippen molar-refractivity contribution in [3.05, 3.63) is 47.6 Å². The quantitative estimate of drug-likeness (QED) is 0.812. The van der Waals surface area contributed by atoms with Gasteiger partial charge in [0, 0.05) is 20.0 Å². The Hall–Kier alpha value is -2.25. The van der Waals surface area contributed by atoms with Crippen molar-refractivity contribution >= 4 is 5.91 Å². The first-order chi connectivity index (χ1) is 12.5. The normalized spacial score (nSPS) is 21.3. The number of rotatable bonds is 6. The van der Waals surface area contributed by atoms with Crippen molar-refractivity contribution in [2.24, 2.45) is 0 Å². The first-order valence-electron chi connectivity index (χ1n) is 9.07. The molecule has 3 rings (SSSR count). The highest BCUT2D eigenvalue weighted by molar-refractivity contribution is 5.78. The van der Waals surface area contributed by atoms with Crippen LogP contribution in [0.5, 0.6) is 0 Å². The van der Waals surface area contributed by atoms with Gasteiger partial charge in [0.25, 0.3) is 0 Å². The Morgan fingerprint density at radius 1 is 1.31 bits per heavy atom. The molecule has 1 aromatic heterocycles. The number of aryl methyl sites for hydroxylation is 1. The van der Waals surface area contributed by atoms with E-state index in [0.29, 0.717) is 37.5 Å². The molecule has 0 aliphatic carbocycles. The van der Waals surface area contributed by atoms with Crippen LogP contribution in [0.4, 0.5) is 0 Å². The van der Waals surface area contributed by atoms with Gasteiger partial charge in [-0.3, -0.25) is 9.69 Å². The van der Waals surface area contributed by atoms with Gasteiger partial charge in [0.05, 0.1) is 18.6 Å². The van der Waals surface area contributed by atoms with Gasteiger partial charge < -0.3 is 14.9 Å². The molecule has 1 amide bonds. The van der Waals surface area contributed by atoms with Crippen molar-refractivity contribution in [3.8, 4) is 0 Å². The number of hydrogen-bond donors (Lipinski definition) is 2. The van der Waals surface area contributed by atoms with Gasteiger partial charge >= 0.3 is 0 Å². The highest BCUT2D eigenvalue weighted by atomic mass is 16.5. The van der Waals surface area contributed by atoms with E-state index in [1.165, 1.54) is 0 Å². The van der Waals surface area contributed by atoms with Crippen molar-refractivity contribution in [1.82, 2.24) is 20.4 Å². The lowest BCUT2D eigenvalue weighted by Gasteiger charge is -2.27. The SMILES string of the molecule is Cc1nc(CN2CCCC(O)(CNC(=O)Cc3ccccc3)CC2)no1. The van der Waals surface area contributed by atoms with Gasteiger partial charge in [0.15, 0.2) is 5.82 Å². The van der Waals surface area contributed by atoms with Crippen LogP contribution in [-0.2, 0) is 17.8 Å². The summed E-state index contributed by atoms with van der Waals surface area (Å²) in [5.41, 5.74) is 0.105. The minimum absolute atomic E-state index is 0.0620. The van der Waals surface area contributed by atoms with Gasteiger partial charge in [-0.25, -0.2) is 0 Å². The number of hydrogen-bond acceptors (Lipinski definition) is 6. The molecule has 0 saturated carbocycles. The number of carbonyl (C=O) groups is 1. The average molecular weight is 358 g/mol. The van der Waals surface area contributed by atoms with Crippen LogP contribution in [0.15, 0.2) is 34.9 Å². The van der Waals surface area contributed by atoms with Crippen molar-refractivity contribution in [3.63, 3.8) is 0 Å². The molecule has 2 N–H and O–H groups in total. The predicted molar refractivity (Wildman–Crippen MR) is 96.3 cm³/mol. The molecule has 1 aromatic carbocycles. The van der Waals surface area contributed by atoms with Gasteiger partial charge in [0.1, 0.15) is 0 Å². The summed E-state index contributed by atoms with van der Waals surface area (Å²) < 4.78 is 5.01. The first-order valence-corrected chi connectivity index (χ1v) is 9.07. The summed E-state index contributed by atoms with van der Waals surface area (Å²) in [6.45, 7) is 4.28. The second-order valence-corrected chi connectivity index (χ2v) is 7.02. The Kier molecular flexibility index (Phi) is 6.00. The summed E-state index contributed by atoms with van der Waals surface area (Å²) in [7, 11) is 0. The molecular weight excluding hydrogens is 332 g/mol. The molecule has 1 aliphatic heterocycles. The Balaban J connectivity index is 1.46. The highest BCUT2D eigenvalue weighted by Crippen LogP contribution is 2.22. The van der Waals surface area contributed by atoms with Crippen LogP contribution in [0.25, 0.3) is 0 Å². The molecule has 1 unspecified atom stereocenters. The van der Waals surface area contributed by atoms with E-state index in [2.05, 4.69) is 20.4 Å². The number of nitrogens with one attached hydrogen (secondary N) is 1. The Morgan fingerprint density at radius 3 is 2.85 bits per heavy atom. The maximum absolute atomic E-state index is 12.1. The molecular formula is C19H26N4O3. The van der Waals surface area contributed by atoms with Gasteiger partial charge in [-0.2, -0.15) is 4.98 Å². The largest absolute Gasteiger partial charge is 0.388 e. The second-order valence-electron chi connectivity index (χ2n) is 7.02. The lowest BCUT2D eigenvalue weighted by Crippen LogP contribution is -2.44. The average Bonchev–Trinajstić information content (AvgIpc) is 2.94. The zero-order valence-electron chi connectivity index (χ0n) is 15.1. The molecule has 7 heteroatoms. The molecule has 1 fully saturated rings. The summed E-state index contributed by atoms with van der Waals surface area (Å²) in [4.78, 5) is 18.6. The predicted octanol–water partition coefficient (Wildman–Crippen LogP) is 1.45. The third kappa shape index (κ3) is 5.37. The van der Waals surface area contributed by atoms with E-state index in [4.69, 9.17) is 4.52 Å². The number of aliphatic hydroxyl groups is 1. The zero-order valence-corrected chi connectivity index (χ0v) is 15.1. The van der Waals surface area contributed by atoms with Crippen LogP contribution in [0, 0.1) is 6.92 Å². The van der Waals surface area contributed by atoms with E-state index in [9.17, 15) is 9.90 Å². The van der Waals surface area contributed by atoms with Crippen molar-refractivity contribution in [2.45, 2.75) is 44.8 Å². The molecule has 0 bridgehead atoms. The van der Waals surface area contributed by atoms with Gasteiger partial charge in [-0.05, 0) is 31.4 Å². The number of aromatic nitrogens is 2. The number of nitrogens with zero attached hydrogens (tertiary/aromatic N) is 3. The topological polar surface area (TPSA) is 91.5 Å². The maximum Gasteiger partial charge on any atom is 0.224 e. The smallest absolute Gasteiger partial charge is 0.224 e. The Morgan fingerprint density at radius 2 is 2.12 bits per heavy atom. The first kappa shape index (κ1) is 18.5. The lowest BCUT2D eigenvalue weighted by atomic mass is 9.95.